The molecule has 0 spiro atoms. The van der Waals surface area contributed by atoms with Crippen LogP contribution in [-0.2, 0) is 6.42 Å². The van der Waals surface area contributed by atoms with Crippen LogP contribution in [0.15, 0.2) is 24.3 Å². The highest BCUT2D eigenvalue weighted by molar-refractivity contribution is 5.59. The first-order valence-electron chi connectivity index (χ1n) is 6.00. The molecular formula is C13H18N2O. The molecule has 2 unspecified atom stereocenters. The van der Waals surface area contributed by atoms with E-state index in [-0.39, 0.29) is 12.3 Å². The van der Waals surface area contributed by atoms with Crippen LogP contribution in [0.25, 0.3) is 0 Å². The molecule has 1 fully saturated rings. The lowest BCUT2D eigenvalue weighted by molar-refractivity contribution is 0.0104. The van der Waals surface area contributed by atoms with Gasteiger partial charge in [-0.2, -0.15) is 0 Å². The summed E-state index contributed by atoms with van der Waals surface area (Å²) >= 11 is 0. The maximum atomic E-state index is 10.3. The number of aliphatic hydroxyl groups is 1. The standard InChI is InChI=1S/C13H18N2O/c1-14-7-4-8-15-11-6-3-2-5-10(11)9-12(15)13(14)16/h2-3,5-6,12-13,16H,4,7-9H2,1H3. The number of benzene rings is 1. The summed E-state index contributed by atoms with van der Waals surface area (Å²) in [7, 11) is 2.01. The largest absolute Gasteiger partial charge is 0.376 e. The summed E-state index contributed by atoms with van der Waals surface area (Å²) in [5, 5.41) is 10.3. The molecule has 0 aliphatic carbocycles. The van der Waals surface area contributed by atoms with E-state index in [2.05, 4.69) is 34.1 Å². The van der Waals surface area contributed by atoms with E-state index in [1.807, 2.05) is 7.05 Å². The number of nitrogens with zero attached hydrogens (tertiary/aromatic N) is 2. The van der Waals surface area contributed by atoms with Gasteiger partial charge >= 0.3 is 0 Å². The van der Waals surface area contributed by atoms with Crippen LogP contribution in [0, 0.1) is 0 Å². The Morgan fingerprint density at radius 3 is 2.94 bits per heavy atom. The highest BCUT2D eigenvalue weighted by Crippen LogP contribution is 2.35. The van der Waals surface area contributed by atoms with E-state index >= 15 is 0 Å². The Balaban J connectivity index is 1.97. The van der Waals surface area contributed by atoms with Crippen molar-refractivity contribution in [2.75, 3.05) is 25.0 Å². The van der Waals surface area contributed by atoms with E-state index in [0.717, 1.165) is 25.9 Å². The molecule has 2 aliphatic heterocycles. The molecule has 0 aromatic heterocycles. The second kappa shape index (κ2) is 3.75. The normalized spacial score (nSPS) is 29.8. The van der Waals surface area contributed by atoms with Crippen molar-refractivity contribution < 1.29 is 5.11 Å². The Labute approximate surface area is 96.3 Å². The van der Waals surface area contributed by atoms with Crippen LogP contribution in [0.4, 0.5) is 5.69 Å². The number of rotatable bonds is 0. The van der Waals surface area contributed by atoms with E-state index in [9.17, 15) is 5.11 Å². The molecule has 3 nitrogen and oxygen atoms in total. The average Bonchev–Trinajstić information content (AvgIpc) is 2.61. The van der Waals surface area contributed by atoms with Crippen molar-refractivity contribution in [3.05, 3.63) is 29.8 Å². The van der Waals surface area contributed by atoms with Crippen LogP contribution >= 0.6 is 0 Å². The first-order chi connectivity index (χ1) is 7.77. The maximum Gasteiger partial charge on any atom is 0.128 e. The minimum Gasteiger partial charge on any atom is -0.376 e. The fraction of sp³-hybridized carbons (Fsp3) is 0.538. The number of aliphatic hydroxyl groups excluding tert-OH is 1. The topological polar surface area (TPSA) is 26.7 Å². The zero-order valence-electron chi connectivity index (χ0n) is 9.63. The fourth-order valence-electron chi connectivity index (χ4n) is 2.95. The predicted octanol–water partition coefficient (Wildman–Crippen LogP) is 1.07. The molecule has 0 saturated carbocycles. The molecule has 0 radical (unpaired) electrons. The molecule has 86 valence electrons. The summed E-state index contributed by atoms with van der Waals surface area (Å²) in [6.45, 7) is 2.04. The van der Waals surface area contributed by atoms with Crippen molar-refractivity contribution in [1.82, 2.24) is 4.90 Å². The van der Waals surface area contributed by atoms with Gasteiger partial charge in [0.15, 0.2) is 0 Å². The Hall–Kier alpha value is -1.06. The van der Waals surface area contributed by atoms with Crippen LogP contribution in [0.5, 0.6) is 0 Å². The summed E-state index contributed by atoms with van der Waals surface area (Å²) in [5.74, 6) is 0. The van der Waals surface area contributed by atoms with Crippen LogP contribution in [0.3, 0.4) is 0 Å². The quantitative estimate of drug-likeness (QED) is 0.705. The second-order valence-electron chi connectivity index (χ2n) is 4.84. The Morgan fingerprint density at radius 2 is 2.06 bits per heavy atom. The summed E-state index contributed by atoms with van der Waals surface area (Å²) < 4.78 is 0. The minimum atomic E-state index is -0.338. The second-order valence-corrected chi connectivity index (χ2v) is 4.84. The number of likely N-dealkylation sites (N-methyl/N-ethyl adjacent to an activating group) is 1. The molecule has 2 heterocycles. The van der Waals surface area contributed by atoms with Crippen molar-refractivity contribution in [2.24, 2.45) is 0 Å². The Morgan fingerprint density at radius 1 is 1.25 bits per heavy atom. The summed E-state index contributed by atoms with van der Waals surface area (Å²) in [6.07, 6.45) is 1.76. The number of hydrogen-bond donors (Lipinski definition) is 1. The predicted molar refractivity (Wildman–Crippen MR) is 64.5 cm³/mol. The summed E-state index contributed by atoms with van der Waals surface area (Å²) in [4.78, 5) is 4.44. The molecule has 2 atom stereocenters. The van der Waals surface area contributed by atoms with Gasteiger partial charge < -0.3 is 10.0 Å². The zero-order valence-corrected chi connectivity index (χ0v) is 9.63. The van der Waals surface area contributed by atoms with Crippen molar-refractivity contribution in [3.63, 3.8) is 0 Å². The van der Waals surface area contributed by atoms with E-state index in [4.69, 9.17) is 0 Å². The molecular weight excluding hydrogens is 200 g/mol. The monoisotopic (exact) mass is 218 g/mol. The molecule has 3 rings (SSSR count). The SMILES string of the molecule is CN1CCCN2c3ccccc3CC2C1O. The lowest BCUT2D eigenvalue weighted by Crippen LogP contribution is -2.46. The van der Waals surface area contributed by atoms with Gasteiger partial charge in [0.25, 0.3) is 0 Å². The third-order valence-corrected chi connectivity index (χ3v) is 3.84. The van der Waals surface area contributed by atoms with Gasteiger partial charge in [0, 0.05) is 18.8 Å². The average molecular weight is 218 g/mol. The van der Waals surface area contributed by atoms with Crippen molar-refractivity contribution in [3.8, 4) is 0 Å². The van der Waals surface area contributed by atoms with E-state index < -0.39 is 0 Å². The van der Waals surface area contributed by atoms with Crippen molar-refractivity contribution >= 4 is 5.69 Å². The van der Waals surface area contributed by atoms with Gasteiger partial charge in [-0.1, -0.05) is 18.2 Å². The smallest absolute Gasteiger partial charge is 0.128 e. The molecule has 1 aromatic carbocycles. The number of hydrogen-bond acceptors (Lipinski definition) is 3. The van der Waals surface area contributed by atoms with Crippen molar-refractivity contribution in [1.29, 1.82) is 0 Å². The third kappa shape index (κ3) is 1.43. The molecule has 0 amide bonds. The van der Waals surface area contributed by atoms with Crippen LogP contribution in [0.1, 0.15) is 12.0 Å². The third-order valence-electron chi connectivity index (χ3n) is 3.84. The molecule has 1 aromatic rings. The van der Waals surface area contributed by atoms with E-state index in [1.165, 1.54) is 11.3 Å². The van der Waals surface area contributed by atoms with Gasteiger partial charge in [0.2, 0.25) is 0 Å². The molecule has 1 saturated heterocycles. The Kier molecular flexibility index (Phi) is 2.37. The van der Waals surface area contributed by atoms with E-state index in [1.54, 1.807) is 0 Å². The van der Waals surface area contributed by atoms with Crippen LogP contribution in [-0.4, -0.2) is 42.4 Å². The molecule has 2 aliphatic rings. The minimum absolute atomic E-state index is 0.241. The number of para-hydroxylation sites is 1. The lowest BCUT2D eigenvalue weighted by Gasteiger charge is -2.30. The van der Waals surface area contributed by atoms with E-state index in [0.29, 0.717) is 0 Å². The van der Waals surface area contributed by atoms with Gasteiger partial charge in [0.1, 0.15) is 6.23 Å². The summed E-state index contributed by atoms with van der Waals surface area (Å²) in [6, 6.07) is 8.76. The van der Waals surface area contributed by atoms with Gasteiger partial charge in [-0.15, -0.1) is 0 Å². The molecule has 1 N–H and O–H groups in total. The fourth-order valence-corrected chi connectivity index (χ4v) is 2.95. The molecule has 0 bridgehead atoms. The molecule has 16 heavy (non-hydrogen) atoms. The van der Waals surface area contributed by atoms with Crippen LogP contribution < -0.4 is 4.90 Å². The van der Waals surface area contributed by atoms with Crippen molar-refractivity contribution in [2.45, 2.75) is 25.1 Å². The number of fused-ring (bicyclic) bond motifs is 3. The highest BCUT2D eigenvalue weighted by Gasteiger charge is 2.37. The zero-order chi connectivity index (χ0) is 11.1. The highest BCUT2D eigenvalue weighted by atomic mass is 16.3. The number of anilines is 1. The van der Waals surface area contributed by atoms with Gasteiger partial charge in [0.05, 0.1) is 6.04 Å². The molecule has 3 heteroatoms. The van der Waals surface area contributed by atoms with Gasteiger partial charge in [-0.3, -0.25) is 4.90 Å². The lowest BCUT2D eigenvalue weighted by atomic mass is 10.1. The Bertz CT molecular complexity index is 393. The maximum absolute atomic E-state index is 10.3. The first kappa shape index (κ1) is 10.1. The van der Waals surface area contributed by atoms with Gasteiger partial charge in [-0.25, -0.2) is 0 Å². The van der Waals surface area contributed by atoms with Crippen LogP contribution in [0.2, 0.25) is 0 Å². The first-order valence-corrected chi connectivity index (χ1v) is 6.00. The van der Waals surface area contributed by atoms with Gasteiger partial charge in [-0.05, 0) is 31.5 Å². The summed E-state index contributed by atoms with van der Waals surface area (Å²) in [5.41, 5.74) is 2.70.